The number of amides is 1. The van der Waals surface area contributed by atoms with E-state index in [1.807, 2.05) is 31.2 Å². The molecule has 0 aliphatic heterocycles. The molecule has 2 aromatic rings. The van der Waals surface area contributed by atoms with Gasteiger partial charge in [-0.3, -0.25) is 10.1 Å². The van der Waals surface area contributed by atoms with Gasteiger partial charge in [0.2, 0.25) is 5.91 Å². The predicted octanol–water partition coefficient (Wildman–Crippen LogP) is 5.48. The summed E-state index contributed by atoms with van der Waals surface area (Å²) in [7, 11) is 0. The number of aryl methyl sites for hydroxylation is 1. The molecule has 0 aliphatic rings. The van der Waals surface area contributed by atoms with Crippen LogP contribution in [0.25, 0.3) is 6.08 Å². The number of carbonyl (C=O) groups excluding carboxylic acids is 1. The molecule has 24 heavy (non-hydrogen) atoms. The van der Waals surface area contributed by atoms with Gasteiger partial charge in [0, 0.05) is 6.08 Å². The Morgan fingerprint density at radius 2 is 1.67 bits per heavy atom. The first-order chi connectivity index (χ1) is 11.3. The molecule has 0 bridgehead atoms. The summed E-state index contributed by atoms with van der Waals surface area (Å²) in [5.41, 5.74) is 2.53. The van der Waals surface area contributed by atoms with Crippen molar-refractivity contribution in [3.63, 3.8) is 0 Å². The first-order valence-corrected chi connectivity index (χ1v) is 8.40. The molecule has 7 heteroatoms. The van der Waals surface area contributed by atoms with Crippen molar-refractivity contribution < 1.29 is 4.79 Å². The Bertz CT molecular complexity index is 804. The smallest absolute Gasteiger partial charge is 0.250 e. The molecule has 2 rings (SSSR count). The highest BCUT2D eigenvalue weighted by molar-refractivity contribution is 7.80. The summed E-state index contributed by atoms with van der Waals surface area (Å²) in [5.74, 6) is -0.357. The molecular formula is C17H13Cl3N2OS. The zero-order valence-corrected chi connectivity index (χ0v) is 15.7. The number of halogens is 3. The van der Waals surface area contributed by atoms with Crippen LogP contribution in [0.1, 0.15) is 11.1 Å². The van der Waals surface area contributed by atoms with Crippen LogP contribution >= 0.6 is 47.0 Å². The fourth-order valence-corrected chi connectivity index (χ4v) is 2.58. The second-order valence-electron chi connectivity index (χ2n) is 4.93. The number of hydrogen-bond donors (Lipinski definition) is 2. The maximum atomic E-state index is 11.9. The minimum absolute atomic E-state index is 0.105. The zero-order valence-electron chi connectivity index (χ0n) is 12.6. The summed E-state index contributed by atoms with van der Waals surface area (Å²) in [6.45, 7) is 2.00. The van der Waals surface area contributed by atoms with Gasteiger partial charge in [0.25, 0.3) is 0 Å². The Hall–Kier alpha value is -1.59. The Morgan fingerprint density at radius 1 is 1.04 bits per heavy atom. The summed E-state index contributed by atoms with van der Waals surface area (Å²) >= 11 is 22.9. The molecular weight excluding hydrogens is 387 g/mol. The highest BCUT2D eigenvalue weighted by Crippen LogP contribution is 2.32. The van der Waals surface area contributed by atoms with E-state index in [1.165, 1.54) is 18.2 Å². The lowest BCUT2D eigenvalue weighted by atomic mass is 10.1. The van der Waals surface area contributed by atoms with Gasteiger partial charge in [0.15, 0.2) is 5.11 Å². The van der Waals surface area contributed by atoms with Crippen LogP contribution in [-0.2, 0) is 4.79 Å². The van der Waals surface area contributed by atoms with Crippen molar-refractivity contribution >= 4 is 69.8 Å². The number of carbonyl (C=O) groups is 1. The third kappa shape index (κ3) is 5.49. The fraction of sp³-hybridized carbons (Fsp3) is 0.0588. The summed E-state index contributed by atoms with van der Waals surface area (Å²) in [4.78, 5) is 11.9. The minimum Gasteiger partial charge on any atom is -0.331 e. The molecule has 1 amide bonds. The van der Waals surface area contributed by atoms with Crippen LogP contribution in [0.3, 0.4) is 0 Å². The molecule has 0 heterocycles. The van der Waals surface area contributed by atoms with Crippen LogP contribution in [0, 0.1) is 6.92 Å². The quantitative estimate of drug-likeness (QED) is 0.408. The van der Waals surface area contributed by atoms with Crippen molar-refractivity contribution in [2.24, 2.45) is 0 Å². The number of benzene rings is 2. The lowest BCUT2D eigenvalue weighted by Gasteiger charge is -2.10. The van der Waals surface area contributed by atoms with Gasteiger partial charge in [0.1, 0.15) is 0 Å². The van der Waals surface area contributed by atoms with Gasteiger partial charge in [-0.05, 0) is 42.9 Å². The van der Waals surface area contributed by atoms with Gasteiger partial charge in [-0.25, -0.2) is 0 Å². The van der Waals surface area contributed by atoms with E-state index in [-0.39, 0.29) is 11.0 Å². The lowest BCUT2D eigenvalue weighted by Crippen LogP contribution is -2.32. The minimum atomic E-state index is -0.357. The molecule has 2 N–H and O–H groups in total. The van der Waals surface area contributed by atoms with Crippen molar-refractivity contribution in [3.05, 3.63) is 68.7 Å². The van der Waals surface area contributed by atoms with Gasteiger partial charge in [-0.15, -0.1) is 0 Å². The number of anilines is 1. The molecule has 0 fully saturated rings. The molecule has 124 valence electrons. The summed E-state index contributed by atoms with van der Waals surface area (Å²) in [5, 5.41) is 6.45. The number of thiocarbonyl (C=S) groups is 1. The third-order valence-electron chi connectivity index (χ3n) is 3.00. The molecule has 0 atom stereocenters. The maximum absolute atomic E-state index is 11.9. The average Bonchev–Trinajstić information content (AvgIpc) is 2.52. The Morgan fingerprint density at radius 3 is 2.33 bits per heavy atom. The molecule has 0 saturated carbocycles. The Balaban J connectivity index is 1.95. The van der Waals surface area contributed by atoms with E-state index >= 15 is 0 Å². The zero-order chi connectivity index (χ0) is 17.7. The van der Waals surface area contributed by atoms with E-state index in [1.54, 1.807) is 6.08 Å². The first kappa shape index (κ1) is 18.7. The SMILES string of the molecule is Cc1ccc(C=CC(=O)NC(=S)Nc2cc(Cl)c(Cl)cc2Cl)cc1. The lowest BCUT2D eigenvalue weighted by molar-refractivity contribution is -0.115. The van der Waals surface area contributed by atoms with Crippen LogP contribution in [0.4, 0.5) is 5.69 Å². The van der Waals surface area contributed by atoms with Crippen molar-refractivity contribution in [1.82, 2.24) is 5.32 Å². The second-order valence-corrected chi connectivity index (χ2v) is 6.56. The summed E-state index contributed by atoms with van der Waals surface area (Å²) < 4.78 is 0. The van der Waals surface area contributed by atoms with Crippen molar-refractivity contribution in [2.45, 2.75) is 6.92 Å². The average molecular weight is 400 g/mol. The van der Waals surface area contributed by atoms with Gasteiger partial charge in [-0.1, -0.05) is 64.6 Å². The Labute approximate surface area is 160 Å². The van der Waals surface area contributed by atoms with E-state index in [0.717, 1.165) is 11.1 Å². The number of nitrogens with one attached hydrogen (secondary N) is 2. The highest BCUT2D eigenvalue weighted by Gasteiger charge is 2.08. The number of hydrogen-bond acceptors (Lipinski definition) is 2. The topological polar surface area (TPSA) is 41.1 Å². The molecule has 0 unspecified atom stereocenters. The van der Waals surface area contributed by atoms with E-state index in [4.69, 9.17) is 47.0 Å². The molecule has 0 saturated heterocycles. The van der Waals surface area contributed by atoms with Gasteiger partial charge in [-0.2, -0.15) is 0 Å². The van der Waals surface area contributed by atoms with E-state index in [0.29, 0.717) is 20.8 Å². The fourth-order valence-electron chi connectivity index (χ4n) is 1.77. The largest absolute Gasteiger partial charge is 0.331 e. The van der Waals surface area contributed by atoms with Crippen LogP contribution in [0.5, 0.6) is 0 Å². The normalized spacial score (nSPS) is 10.7. The van der Waals surface area contributed by atoms with Gasteiger partial charge in [0.05, 0.1) is 20.8 Å². The van der Waals surface area contributed by atoms with Crippen molar-refractivity contribution in [1.29, 1.82) is 0 Å². The van der Waals surface area contributed by atoms with E-state index in [9.17, 15) is 4.79 Å². The van der Waals surface area contributed by atoms with Crippen LogP contribution in [-0.4, -0.2) is 11.0 Å². The number of rotatable bonds is 3. The first-order valence-electron chi connectivity index (χ1n) is 6.86. The molecule has 0 spiro atoms. The summed E-state index contributed by atoms with van der Waals surface area (Å²) in [6.07, 6.45) is 3.10. The standard InChI is InChI=1S/C17H13Cl3N2OS/c1-10-2-4-11(5-3-10)6-7-16(23)22-17(24)21-15-9-13(19)12(18)8-14(15)20/h2-9H,1H3,(H2,21,22,23,24). The second kappa shape index (κ2) is 8.49. The predicted molar refractivity (Wildman–Crippen MR) is 106 cm³/mol. The van der Waals surface area contributed by atoms with Gasteiger partial charge >= 0.3 is 0 Å². The molecule has 0 aromatic heterocycles. The van der Waals surface area contributed by atoms with E-state index in [2.05, 4.69) is 10.6 Å². The van der Waals surface area contributed by atoms with Crippen LogP contribution < -0.4 is 10.6 Å². The van der Waals surface area contributed by atoms with E-state index < -0.39 is 0 Å². The molecule has 0 aliphatic carbocycles. The molecule has 2 aromatic carbocycles. The van der Waals surface area contributed by atoms with Crippen molar-refractivity contribution in [2.75, 3.05) is 5.32 Å². The van der Waals surface area contributed by atoms with Gasteiger partial charge < -0.3 is 5.32 Å². The maximum Gasteiger partial charge on any atom is 0.250 e. The highest BCUT2D eigenvalue weighted by atomic mass is 35.5. The van der Waals surface area contributed by atoms with Crippen LogP contribution in [0.15, 0.2) is 42.5 Å². The monoisotopic (exact) mass is 398 g/mol. The molecule has 0 radical (unpaired) electrons. The summed E-state index contributed by atoms with van der Waals surface area (Å²) in [6, 6.07) is 10.8. The Kier molecular flexibility index (Phi) is 6.63. The third-order valence-corrected chi connectivity index (χ3v) is 4.24. The molecule has 3 nitrogen and oxygen atoms in total. The van der Waals surface area contributed by atoms with Crippen LogP contribution in [0.2, 0.25) is 15.1 Å². The van der Waals surface area contributed by atoms with Crippen molar-refractivity contribution in [3.8, 4) is 0 Å².